The Kier molecular flexibility index (Phi) is 5.03. The Hall–Kier alpha value is -3.22. The SMILES string of the molecule is COc1cccc(CNC(=O)Nc2cccc(N3CCNC3=O)c2)c1. The highest BCUT2D eigenvalue weighted by Crippen LogP contribution is 2.21. The Balaban J connectivity index is 1.58. The fourth-order valence-electron chi connectivity index (χ4n) is 2.61. The molecule has 0 saturated carbocycles. The highest BCUT2D eigenvalue weighted by Gasteiger charge is 2.21. The smallest absolute Gasteiger partial charge is 0.321 e. The molecule has 0 bridgehead atoms. The monoisotopic (exact) mass is 340 g/mol. The van der Waals surface area contributed by atoms with Gasteiger partial charge >= 0.3 is 12.1 Å². The van der Waals surface area contributed by atoms with Crippen LogP contribution in [-0.2, 0) is 6.54 Å². The van der Waals surface area contributed by atoms with Crippen molar-refractivity contribution < 1.29 is 14.3 Å². The van der Waals surface area contributed by atoms with Gasteiger partial charge in [-0.05, 0) is 35.9 Å². The second-order valence-corrected chi connectivity index (χ2v) is 5.59. The summed E-state index contributed by atoms with van der Waals surface area (Å²) in [6, 6.07) is 14.3. The van der Waals surface area contributed by atoms with Gasteiger partial charge in [0.2, 0.25) is 0 Å². The van der Waals surface area contributed by atoms with E-state index in [4.69, 9.17) is 4.74 Å². The molecule has 2 aromatic carbocycles. The number of nitrogens with zero attached hydrogens (tertiary/aromatic N) is 1. The van der Waals surface area contributed by atoms with Crippen LogP contribution < -0.4 is 25.6 Å². The Morgan fingerprint density at radius 1 is 1.24 bits per heavy atom. The molecule has 3 rings (SSSR count). The van der Waals surface area contributed by atoms with E-state index in [0.717, 1.165) is 17.0 Å². The van der Waals surface area contributed by atoms with Crippen molar-refractivity contribution in [2.75, 3.05) is 30.4 Å². The number of hydrogen-bond donors (Lipinski definition) is 3. The predicted octanol–water partition coefficient (Wildman–Crippen LogP) is 2.55. The molecule has 7 heteroatoms. The summed E-state index contributed by atoms with van der Waals surface area (Å²) in [4.78, 5) is 25.5. The molecule has 1 fully saturated rings. The maximum Gasteiger partial charge on any atom is 0.321 e. The van der Waals surface area contributed by atoms with Crippen LogP contribution in [0.15, 0.2) is 48.5 Å². The largest absolute Gasteiger partial charge is 0.497 e. The number of nitrogens with one attached hydrogen (secondary N) is 3. The zero-order valence-corrected chi connectivity index (χ0v) is 13.9. The van der Waals surface area contributed by atoms with Gasteiger partial charge in [0.15, 0.2) is 0 Å². The van der Waals surface area contributed by atoms with Gasteiger partial charge in [-0.25, -0.2) is 9.59 Å². The molecule has 4 amide bonds. The third-order valence-electron chi connectivity index (χ3n) is 3.86. The summed E-state index contributed by atoms with van der Waals surface area (Å²) in [5.74, 6) is 0.747. The number of anilines is 2. The average Bonchev–Trinajstić information content (AvgIpc) is 3.06. The van der Waals surface area contributed by atoms with Gasteiger partial charge in [0, 0.05) is 31.0 Å². The molecule has 7 nitrogen and oxygen atoms in total. The molecule has 0 spiro atoms. The molecule has 0 atom stereocenters. The first kappa shape index (κ1) is 16.6. The summed E-state index contributed by atoms with van der Waals surface area (Å²) in [5.41, 5.74) is 2.32. The lowest BCUT2D eigenvalue weighted by Gasteiger charge is -2.15. The molecule has 130 valence electrons. The van der Waals surface area contributed by atoms with E-state index >= 15 is 0 Å². The van der Waals surface area contributed by atoms with Crippen LogP contribution in [0.25, 0.3) is 0 Å². The molecule has 3 N–H and O–H groups in total. The van der Waals surface area contributed by atoms with Gasteiger partial charge in [-0.3, -0.25) is 4.90 Å². The summed E-state index contributed by atoms with van der Waals surface area (Å²) in [7, 11) is 1.60. The Bertz CT molecular complexity index is 778. The number of carbonyl (C=O) groups excluding carboxylic acids is 2. The van der Waals surface area contributed by atoms with Gasteiger partial charge in [-0.1, -0.05) is 18.2 Å². The molecule has 1 heterocycles. The average molecular weight is 340 g/mol. The first-order valence-electron chi connectivity index (χ1n) is 7.99. The third-order valence-corrected chi connectivity index (χ3v) is 3.86. The van der Waals surface area contributed by atoms with Crippen LogP contribution in [0, 0.1) is 0 Å². The lowest BCUT2D eigenvalue weighted by atomic mass is 10.2. The summed E-state index contributed by atoms with van der Waals surface area (Å²) >= 11 is 0. The van der Waals surface area contributed by atoms with Crippen molar-refractivity contribution in [3.8, 4) is 5.75 Å². The Labute approximate surface area is 146 Å². The number of amides is 4. The molecule has 2 aromatic rings. The molecule has 0 radical (unpaired) electrons. The number of carbonyl (C=O) groups is 2. The molecule has 0 unspecified atom stereocenters. The van der Waals surface area contributed by atoms with Crippen LogP contribution in [0.1, 0.15) is 5.56 Å². The van der Waals surface area contributed by atoms with E-state index in [1.165, 1.54) is 0 Å². The lowest BCUT2D eigenvalue weighted by Crippen LogP contribution is -2.29. The van der Waals surface area contributed by atoms with Gasteiger partial charge < -0.3 is 20.7 Å². The van der Waals surface area contributed by atoms with Gasteiger partial charge in [-0.15, -0.1) is 0 Å². The Morgan fingerprint density at radius 3 is 2.84 bits per heavy atom. The number of rotatable bonds is 5. The van der Waals surface area contributed by atoms with Gasteiger partial charge in [0.1, 0.15) is 5.75 Å². The van der Waals surface area contributed by atoms with E-state index in [-0.39, 0.29) is 12.1 Å². The predicted molar refractivity (Wildman–Crippen MR) is 96.0 cm³/mol. The molecule has 0 aromatic heterocycles. The van der Waals surface area contributed by atoms with Crippen LogP contribution in [0.2, 0.25) is 0 Å². The normalized spacial score (nSPS) is 13.3. The fraction of sp³-hybridized carbons (Fsp3) is 0.222. The molecule has 1 aliphatic heterocycles. The standard InChI is InChI=1S/C18H20N4O3/c1-25-16-7-2-4-13(10-16)12-20-17(23)21-14-5-3-6-15(11-14)22-9-8-19-18(22)24/h2-7,10-11H,8-9,12H2,1H3,(H,19,24)(H2,20,21,23). The van der Waals surface area contributed by atoms with E-state index < -0.39 is 0 Å². The minimum atomic E-state index is -0.314. The van der Waals surface area contributed by atoms with Crippen molar-refractivity contribution in [2.45, 2.75) is 6.54 Å². The van der Waals surface area contributed by atoms with Crippen molar-refractivity contribution in [1.29, 1.82) is 0 Å². The maximum atomic E-state index is 12.1. The second kappa shape index (κ2) is 7.57. The zero-order valence-electron chi connectivity index (χ0n) is 13.9. The summed E-state index contributed by atoms with van der Waals surface area (Å²) in [5, 5.41) is 8.33. The molecule has 25 heavy (non-hydrogen) atoms. The van der Waals surface area contributed by atoms with Crippen LogP contribution in [0.5, 0.6) is 5.75 Å². The summed E-state index contributed by atoms with van der Waals surface area (Å²) in [6.07, 6.45) is 0. The number of benzene rings is 2. The van der Waals surface area contributed by atoms with E-state index in [1.54, 1.807) is 30.2 Å². The first-order valence-corrected chi connectivity index (χ1v) is 7.99. The van der Waals surface area contributed by atoms with Crippen molar-refractivity contribution in [3.05, 3.63) is 54.1 Å². The highest BCUT2D eigenvalue weighted by molar-refractivity contribution is 5.95. The minimum Gasteiger partial charge on any atom is -0.497 e. The Morgan fingerprint density at radius 2 is 2.08 bits per heavy atom. The molecular weight excluding hydrogens is 320 g/mol. The van der Waals surface area contributed by atoms with Crippen LogP contribution in [0.4, 0.5) is 21.0 Å². The summed E-state index contributed by atoms with van der Waals surface area (Å²) < 4.78 is 5.16. The van der Waals surface area contributed by atoms with Crippen LogP contribution >= 0.6 is 0 Å². The number of urea groups is 2. The second-order valence-electron chi connectivity index (χ2n) is 5.59. The van der Waals surface area contributed by atoms with Crippen molar-refractivity contribution in [3.63, 3.8) is 0 Å². The third kappa shape index (κ3) is 4.20. The molecule has 1 saturated heterocycles. The zero-order chi connectivity index (χ0) is 17.6. The minimum absolute atomic E-state index is 0.125. The molecular formula is C18H20N4O3. The summed E-state index contributed by atoms with van der Waals surface area (Å²) in [6.45, 7) is 1.62. The van der Waals surface area contributed by atoms with E-state index in [1.807, 2.05) is 30.3 Å². The quantitative estimate of drug-likeness (QED) is 0.782. The van der Waals surface area contributed by atoms with E-state index in [2.05, 4.69) is 16.0 Å². The maximum absolute atomic E-state index is 12.1. The highest BCUT2D eigenvalue weighted by atomic mass is 16.5. The van der Waals surface area contributed by atoms with E-state index in [0.29, 0.717) is 25.3 Å². The first-order chi connectivity index (χ1) is 12.2. The van der Waals surface area contributed by atoms with Crippen molar-refractivity contribution >= 4 is 23.4 Å². The van der Waals surface area contributed by atoms with Gasteiger partial charge in [0.05, 0.1) is 7.11 Å². The topological polar surface area (TPSA) is 82.7 Å². The molecule has 1 aliphatic rings. The fourth-order valence-corrected chi connectivity index (χ4v) is 2.61. The van der Waals surface area contributed by atoms with Crippen molar-refractivity contribution in [1.82, 2.24) is 10.6 Å². The molecule has 0 aliphatic carbocycles. The number of hydrogen-bond acceptors (Lipinski definition) is 3. The van der Waals surface area contributed by atoms with E-state index in [9.17, 15) is 9.59 Å². The van der Waals surface area contributed by atoms with Crippen molar-refractivity contribution in [2.24, 2.45) is 0 Å². The van der Waals surface area contributed by atoms with Crippen LogP contribution in [0.3, 0.4) is 0 Å². The van der Waals surface area contributed by atoms with Gasteiger partial charge in [0.25, 0.3) is 0 Å². The number of ether oxygens (including phenoxy) is 1. The number of methoxy groups -OCH3 is 1. The van der Waals surface area contributed by atoms with Gasteiger partial charge in [-0.2, -0.15) is 0 Å². The lowest BCUT2D eigenvalue weighted by molar-refractivity contribution is 0.251. The van der Waals surface area contributed by atoms with Crippen LogP contribution in [-0.4, -0.2) is 32.3 Å².